The van der Waals surface area contributed by atoms with Crippen LogP contribution < -0.4 is 14.8 Å². The van der Waals surface area contributed by atoms with E-state index < -0.39 is 18.0 Å². The van der Waals surface area contributed by atoms with Crippen LogP contribution >= 0.6 is 11.6 Å². The van der Waals surface area contributed by atoms with Crippen molar-refractivity contribution in [2.45, 2.75) is 33.8 Å². The SMILES string of the molecule is CCOc1c(Cl)cc(C(=O)OC(C)C(=O)Nc2c(C)cccc2C)cc1OC. The largest absolute Gasteiger partial charge is 0.493 e. The Balaban J connectivity index is 2.13. The molecule has 0 radical (unpaired) electrons. The first kappa shape index (κ1) is 21.6. The van der Waals surface area contributed by atoms with Gasteiger partial charge < -0.3 is 19.5 Å². The maximum atomic E-state index is 12.5. The molecule has 1 atom stereocenters. The van der Waals surface area contributed by atoms with Gasteiger partial charge in [0.25, 0.3) is 5.91 Å². The van der Waals surface area contributed by atoms with Crippen molar-refractivity contribution in [3.63, 3.8) is 0 Å². The quantitative estimate of drug-likeness (QED) is 0.684. The molecule has 0 heterocycles. The highest BCUT2D eigenvalue weighted by Crippen LogP contribution is 2.36. The van der Waals surface area contributed by atoms with E-state index in [-0.39, 0.29) is 10.6 Å². The topological polar surface area (TPSA) is 73.9 Å². The van der Waals surface area contributed by atoms with Crippen LogP contribution in [0.15, 0.2) is 30.3 Å². The zero-order valence-corrected chi connectivity index (χ0v) is 17.3. The molecule has 0 aliphatic carbocycles. The van der Waals surface area contributed by atoms with Gasteiger partial charge in [-0.25, -0.2) is 4.79 Å². The zero-order valence-electron chi connectivity index (χ0n) is 16.6. The summed E-state index contributed by atoms with van der Waals surface area (Å²) in [7, 11) is 1.45. The molecular weight excluding hydrogens is 382 g/mol. The number of esters is 1. The molecule has 2 rings (SSSR count). The second kappa shape index (κ2) is 9.46. The molecule has 0 aromatic heterocycles. The van der Waals surface area contributed by atoms with E-state index in [1.807, 2.05) is 39.0 Å². The molecular formula is C21H24ClNO5. The molecule has 28 heavy (non-hydrogen) atoms. The lowest BCUT2D eigenvalue weighted by Crippen LogP contribution is -2.30. The third kappa shape index (κ3) is 4.95. The fourth-order valence-electron chi connectivity index (χ4n) is 2.64. The lowest BCUT2D eigenvalue weighted by Gasteiger charge is -2.17. The Morgan fingerprint density at radius 1 is 1.18 bits per heavy atom. The van der Waals surface area contributed by atoms with Crippen molar-refractivity contribution in [2.75, 3.05) is 19.0 Å². The van der Waals surface area contributed by atoms with E-state index in [0.29, 0.717) is 23.8 Å². The van der Waals surface area contributed by atoms with Crippen LogP contribution in [0.1, 0.15) is 35.3 Å². The fraction of sp³-hybridized carbons (Fsp3) is 0.333. The number of para-hydroxylation sites is 1. The Morgan fingerprint density at radius 2 is 1.82 bits per heavy atom. The van der Waals surface area contributed by atoms with E-state index >= 15 is 0 Å². The van der Waals surface area contributed by atoms with Gasteiger partial charge in [-0.3, -0.25) is 4.79 Å². The predicted octanol–water partition coefficient (Wildman–Crippen LogP) is 4.55. The molecule has 6 nitrogen and oxygen atoms in total. The number of amides is 1. The minimum absolute atomic E-state index is 0.164. The number of carbonyl (C=O) groups is 2. The molecule has 2 aromatic rings. The van der Waals surface area contributed by atoms with Crippen LogP contribution in [0.4, 0.5) is 5.69 Å². The number of hydrogen-bond donors (Lipinski definition) is 1. The lowest BCUT2D eigenvalue weighted by molar-refractivity contribution is -0.123. The van der Waals surface area contributed by atoms with Gasteiger partial charge in [0.1, 0.15) is 0 Å². The summed E-state index contributed by atoms with van der Waals surface area (Å²) in [5.74, 6) is -0.444. The van der Waals surface area contributed by atoms with Crippen molar-refractivity contribution in [1.82, 2.24) is 0 Å². The minimum Gasteiger partial charge on any atom is -0.493 e. The number of rotatable bonds is 7. The highest BCUT2D eigenvalue weighted by Gasteiger charge is 2.22. The normalized spacial score (nSPS) is 11.5. The molecule has 0 aliphatic rings. The Kier molecular flexibility index (Phi) is 7.29. The number of nitrogens with one attached hydrogen (secondary N) is 1. The summed E-state index contributed by atoms with van der Waals surface area (Å²) >= 11 is 6.19. The predicted molar refractivity (Wildman–Crippen MR) is 109 cm³/mol. The molecule has 0 bridgehead atoms. The molecule has 0 spiro atoms. The number of anilines is 1. The number of benzene rings is 2. The Bertz CT molecular complexity index is 861. The Labute approximate surface area is 169 Å². The van der Waals surface area contributed by atoms with E-state index in [1.54, 1.807) is 0 Å². The van der Waals surface area contributed by atoms with Gasteiger partial charge in [-0.15, -0.1) is 0 Å². The van der Waals surface area contributed by atoms with Crippen molar-refractivity contribution in [3.8, 4) is 11.5 Å². The van der Waals surface area contributed by atoms with Gasteiger partial charge in [0.15, 0.2) is 17.6 Å². The summed E-state index contributed by atoms with van der Waals surface area (Å²) in [5.41, 5.74) is 2.73. The van der Waals surface area contributed by atoms with Crippen LogP contribution in [-0.4, -0.2) is 31.7 Å². The summed E-state index contributed by atoms with van der Waals surface area (Å²) in [6.45, 7) is 7.51. The third-order valence-corrected chi connectivity index (χ3v) is 4.42. The summed E-state index contributed by atoms with van der Waals surface area (Å²) in [6.07, 6.45) is -0.997. The number of hydrogen-bond acceptors (Lipinski definition) is 5. The molecule has 0 fully saturated rings. The average molecular weight is 406 g/mol. The number of halogens is 1. The van der Waals surface area contributed by atoms with Gasteiger partial charge >= 0.3 is 5.97 Å². The van der Waals surface area contributed by atoms with Crippen LogP contribution in [0.2, 0.25) is 5.02 Å². The highest BCUT2D eigenvalue weighted by molar-refractivity contribution is 6.32. The first-order valence-electron chi connectivity index (χ1n) is 8.86. The maximum Gasteiger partial charge on any atom is 0.339 e. The Morgan fingerprint density at radius 3 is 2.39 bits per heavy atom. The van der Waals surface area contributed by atoms with Gasteiger partial charge in [-0.05, 0) is 51.0 Å². The molecule has 1 amide bonds. The number of ether oxygens (including phenoxy) is 3. The van der Waals surface area contributed by atoms with Gasteiger partial charge in [0.05, 0.1) is 24.3 Å². The second-order valence-electron chi connectivity index (χ2n) is 6.23. The van der Waals surface area contributed by atoms with Crippen molar-refractivity contribution >= 4 is 29.2 Å². The summed E-state index contributed by atoms with van der Waals surface area (Å²) < 4.78 is 16.0. The van der Waals surface area contributed by atoms with Crippen LogP contribution in [0.5, 0.6) is 11.5 Å². The molecule has 0 saturated carbocycles. The second-order valence-corrected chi connectivity index (χ2v) is 6.63. The van der Waals surface area contributed by atoms with Crippen molar-refractivity contribution < 1.29 is 23.8 Å². The van der Waals surface area contributed by atoms with Crippen LogP contribution in [-0.2, 0) is 9.53 Å². The maximum absolute atomic E-state index is 12.5. The van der Waals surface area contributed by atoms with Gasteiger partial charge in [0.2, 0.25) is 0 Å². The van der Waals surface area contributed by atoms with Gasteiger partial charge in [-0.2, -0.15) is 0 Å². The van der Waals surface area contributed by atoms with E-state index in [0.717, 1.165) is 11.1 Å². The first-order valence-corrected chi connectivity index (χ1v) is 9.24. The number of aryl methyl sites for hydroxylation is 2. The highest BCUT2D eigenvalue weighted by atomic mass is 35.5. The van der Waals surface area contributed by atoms with Gasteiger partial charge in [0, 0.05) is 5.69 Å². The van der Waals surface area contributed by atoms with Crippen molar-refractivity contribution in [3.05, 3.63) is 52.0 Å². The summed E-state index contributed by atoms with van der Waals surface area (Å²) in [5, 5.41) is 3.03. The molecule has 2 aromatic carbocycles. The summed E-state index contributed by atoms with van der Waals surface area (Å²) in [6, 6.07) is 8.59. The monoisotopic (exact) mass is 405 g/mol. The molecule has 150 valence electrons. The van der Waals surface area contributed by atoms with E-state index in [9.17, 15) is 9.59 Å². The average Bonchev–Trinajstić information content (AvgIpc) is 2.65. The van der Waals surface area contributed by atoms with Crippen molar-refractivity contribution in [1.29, 1.82) is 0 Å². The number of carbonyl (C=O) groups excluding carboxylic acids is 2. The molecule has 0 aliphatic heterocycles. The minimum atomic E-state index is -0.997. The summed E-state index contributed by atoms with van der Waals surface area (Å²) in [4.78, 5) is 24.9. The first-order chi connectivity index (χ1) is 13.3. The Hall–Kier alpha value is -2.73. The third-order valence-electron chi connectivity index (χ3n) is 4.14. The van der Waals surface area contributed by atoms with E-state index in [1.165, 1.54) is 26.2 Å². The smallest absolute Gasteiger partial charge is 0.339 e. The zero-order chi connectivity index (χ0) is 20.8. The van der Waals surface area contributed by atoms with Crippen molar-refractivity contribution in [2.24, 2.45) is 0 Å². The van der Waals surface area contributed by atoms with E-state index in [4.69, 9.17) is 25.8 Å². The lowest BCUT2D eigenvalue weighted by atomic mass is 10.1. The van der Waals surface area contributed by atoms with Gasteiger partial charge in [-0.1, -0.05) is 29.8 Å². The molecule has 1 unspecified atom stereocenters. The van der Waals surface area contributed by atoms with E-state index in [2.05, 4.69) is 5.32 Å². The molecule has 0 saturated heterocycles. The molecule has 1 N–H and O–H groups in total. The van der Waals surface area contributed by atoms with Crippen LogP contribution in [0.25, 0.3) is 0 Å². The fourth-order valence-corrected chi connectivity index (χ4v) is 2.91. The van der Waals surface area contributed by atoms with Crippen LogP contribution in [0.3, 0.4) is 0 Å². The number of methoxy groups -OCH3 is 1. The molecule has 7 heteroatoms. The van der Waals surface area contributed by atoms with Crippen LogP contribution in [0, 0.1) is 13.8 Å². The standard InChI is InChI=1S/C21H24ClNO5/c1-6-27-19-16(22)10-15(11-17(19)26-5)21(25)28-14(4)20(24)23-18-12(2)8-7-9-13(18)3/h7-11,14H,6H2,1-5H3,(H,23,24).